The highest BCUT2D eigenvalue weighted by Crippen LogP contribution is 2.42. The van der Waals surface area contributed by atoms with Crippen LogP contribution in [0.25, 0.3) is 11.3 Å². The molecule has 2 aromatic rings. The summed E-state index contributed by atoms with van der Waals surface area (Å²) in [6.07, 6.45) is 0. The van der Waals surface area contributed by atoms with E-state index in [0.717, 1.165) is 4.90 Å². The maximum atomic E-state index is 13.1. The highest BCUT2D eigenvalue weighted by atomic mass is 16.5. The summed E-state index contributed by atoms with van der Waals surface area (Å²) in [5, 5.41) is 9.40. The number of carboxylic acids is 1. The third-order valence-electron chi connectivity index (χ3n) is 4.37. The predicted molar refractivity (Wildman–Crippen MR) is 101 cm³/mol. The van der Waals surface area contributed by atoms with Gasteiger partial charge in [0.1, 0.15) is 5.76 Å². The molecule has 3 rings (SSSR count). The van der Waals surface area contributed by atoms with Crippen LogP contribution in [0.4, 0.5) is 5.69 Å². The van der Waals surface area contributed by atoms with Crippen molar-refractivity contribution >= 4 is 34.8 Å². The number of imide groups is 1. The third kappa shape index (κ3) is 3.10. The topological polar surface area (TPSA) is 83.9 Å². The van der Waals surface area contributed by atoms with Crippen molar-refractivity contribution in [2.75, 3.05) is 11.5 Å². The van der Waals surface area contributed by atoms with Crippen LogP contribution in [0.15, 0.2) is 42.5 Å². The Hall–Kier alpha value is -3.41. The molecule has 0 saturated heterocycles. The molecule has 1 aliphatic heterocycles. The fraction of sp³-hybridized carbons (Fsp3) is 0.190. The number of amides is 2. The predicted octanol–water partition coefficient (Wildman–Crippen LogP) is 3.49. The molecule has 0 aromatic heterocycles. The van der Waals surface area contributed by atoms with Gasteiger partial charge < -0.3 is 9.84 Å². The molecule has 0 saturated carbocycles. The molecule has 0 unspecified atom stereocenters. The zero-order chi connectivity index (χ0) is 19.7. The second-order valence-corrected chi connectivity index (χ2v) is 6.15. The molecular formula is C21H19NO5. The lowest BCUT2D eigenvalue weighted by Gasteiger charge is -2.14. The second-order valence-electron chi connectivity index (χ2n) is 6.15. The molecule has 6 heteroatoms. The van der Waals surface area contributed by atoms with E-state index in [1.54, 1.807) is 13.0 Å². The van der Waals surface area contributed by atoms with E-state index >= 15 is 0 Å². The van der Waals surface area contributed by atoms with Crippen LogP contribution in [-0.4, -0.2) is 29.5 Å². The number of nitrogens with zero attached hydrogens (tertiary/aromatic N) is 1. The van der Waals surface area contributed by atoms with Gasteiger partial charge >= 0.3 is 5.97 Å². The molecule has 1 aliphatic rings. The minimum Gasteiger partial charge on any atom is -0.492 e. The van der Waals surface area contributed by atoms with Gasteiger partial charge in [0.05, 0.1) is 23.4 Å². The van der Waals surface area contributed by atoms with Gasteiger partial charge in [0.15, 0.2) is 0 Å². The van der Waals surface area contributed by atoms with E-state index in [1.807, 2.05) is 37.3 Å². The first-order valence-corrected chi connectivity index (χ1v) is 8.52. The van der Waals surface area contributed by atoms with E-state index in [9.17, 15) is 19.5 Å². The molecule has 0 aliphatic carbocycles. The van der Waals surface area contributed by atoms with Crippen molar-refractivity contribution < 1.29 is 24.2 Å². The summed E-state index contributed by atoms with van der Waals surface area (Å²) in [5.74, 6) is -1.75. The van der Waals surface area contributed by atoms with Gasteiger partial charge in [0.2, 0.25) is 5.91 Å². The fourth-order valence-electron chi connectivity index (χ4n) is 3.21. The molecule has 0 fully saturated rings. The molecule has 0 radical (unpaired) electrons. The minimum atomic E-state index is -1.11. The normalized spacial score (nSPS) is 14.8. The molecule has 6 nitrogen and oxygen atoms in total. The summed E-state index contributed by atoms with van der Waals surface area (Å²) in [4.78, 5) is 37.7. The van der Waals surface area contributed by atoms with Gasteiger partial charge in [-0.15, -0.1) is 0 Å². The number of aromatic carboxylic acids is 1. The number of ether oxygens (including phenoxy) is 1. The number of fused-ring (bicyclic) bond motifs is 1. The Morgan fingerprint density at radius 1 is 1.15 bits per heavy atom. The number of rotatable bonds is 4. The van der Waals surface area contributed by atoms with Gasteiger partial charge in [-0.1, -0.05) is 30.3 Å². The summed E-state index contributed by atoms with van der Waals surface area (Å²) in [6, 6.07) is 12.1. The molecular weight excluding hydrogens is 346 g/mol. The van der Waals surface area contributed by atoms with Crippen LogP contribution < -0.4 is 4.90 Å². The lowest BCUT2D eigenvalue weighted by Crippen LogP contribution is -2.31. The van der Waals surface area contributed by atoms with Gasteiger partial charge in [-0.3, -0.25) is 9.59 Å². The van der Waals surface area contributed by atoms with Gasteiger partial charge in [-0.2, -0.15) is 0 Å². The van der Waals surface area contributed by atoms with Crippen LogP contribution in [0.5, 0.6) is 0 Å². The van der Waals surface area contributed by atoms with Gasteiger partial charge in [0.25, 0.3) is 5.91 Å². The Balaban J connectivity index is 2.35. The van der Waals surface area contributed by atoms with Crippen molar-refractivity contribution in [2.45, 2.75) is 20.8 Å². The van der Waals surface area contributed by atoms with E-state index in [2.05, 4.69) is 0 Å². The van der Waals surface area contributed by atoms with Crippen LogP contribution >= 0.6 is 0 Å². The van der Waals surface area contributed by atoms with Crippen LogP contribution in [0, 0.1) is 6.92 Å². The largest absolute Gasteiger partial charge is 0.492 e. The number of anilines is 1. The average Bonchev–Trinajstić information content (AvgIpc) is 2.90. The number of aryl methyl sites for hydroxylation is 1. The monoisotopic (exact) mass is 365 g/mol. The average molecular weight is 365 g/mol. The molecule has 0 atom stereocenters. The zero-order valence-electron chi connectivity index (χ0n) is 15.3. The van der Waals surface area contributed by atoms with E-state index in [1.165, 1.54) is 13.0 Å². The quantitative estimate of drug-likeness (QED) is 0.662. The highest BCUT2D eigenvalue weighted by Gasteiger charge is 2.39. The lowest BCUT2D eigenvalue weighted by molar-refractivity contribution is -0.122. The van der Waals surface area contributed by atoms with Gasteiger partial charge in [-0.25, -0.2) is 9.69 Å². The molecule has 138 valence electrons. The Morgan fingerprint density at radius 3 is 2.37 bits per heavy atom. The summed E-state index contributed by atoms with van der Waals surface area (Å²) in [5.41, 5.74) is 2.27. The van der Waals surface area contributed by atoms with Crippen molar-refractivity contribution in [3.63, 3.8) is 0 Å². The molecule has 27 heavy (non-hydrogen) atoms. The maximum Gasteiger partial charge on any atom is 0.336 e. The van der Waals surface area contributed by atoms with Crippen molar-refractivity contribution in [3.8, 4) is 0 Å². The maximum absolute atomic E-state index is 13.1. The molecule has 0 bridgehead atoms. The smallest absolute Gasteiger partial charge is 0.336 e. The summed E-state index contributed by atoms with van der Waals surface area (Å²) in [7, 11) is 0. The fourth-order valence-corrected chi connectivity index (χ4v) is 3.21. The van der Waals surface area contributed by atoms with Crippen molar-refractivity contribution in [1.82, 2.24) is 0 Å². The first-order valence-electron chi connectivity index (χ1n) is 8.52. The molecule has 0 spiro atoms. The number of carbonyl (C=O) groups excluding carboxylic acids is 2. The van der Waals surface area contributed by atoms with Gasteiger partial charge in [-0.05, 0) is 31.5 Å². The number of hydrogen-bond acceptors (Lipinski definition) is 4. The highest BCUT2D eigenvalue weighted by molar-refractivity contribution is 6.43. The van der Waals surface area contributed by atoms with Gasteiger partial charge in [0, 0.05) is 18.1 Å². The SMILES string of the molecule is CCOC(=C1C(=O)N(C(C)=O)c2cc(C(=O)O)c(C)cc21)c1ccccc1. The van der Waals surface area contributed by atoms with E-state index in [0.29, 0.717) is 29.1 Å². The Labute approximate surface area is 156 Å². The zero-order valence-corrected chi connectivity index (χ0v) is 15.3. The van der Waals surface area contributed by atoms with Crippen molar-refractivity contribution in [1.29, 1.82) is 0 Å². The lowest BCUT2D eigenvalue weighted by atomic mass is 9.97. The third-order valence-corrected chi connectivity index (χ3v) is 4.37. The van der Waals surface area contributed by atoms with Crippen molar-refractivity contribution in [2.24, 2.45) is 0 Å². The van der Waals surface area contributed by atoms with Crippen LogP contribution in [0.2, 0.25) is 0 Å². The Morgan fingerprint density at radius 2 is 1.81 bits per heavy atom. The summed E-state index contributed by atoms with van der Waals surface area (Å²) in [6.45, 7) is 5.08. The molecule has 2 amide bonds. The Bertz CT molecular complexity index is 976. The summed E-state index contributed by atoms with van der Waals surface area (Å²) < 4.78 is 5.79. The van der Waals surface area contributed by atoms with E-state index in [4.69, 9.17) is 4.74 Å². The number of carbonyl (C=O) groups is 3. The molecule has 1 N–H and O–H groups in total. The van der Waals surface area contributed by atoms with Crippen LogP contribution in [0.1, 0.15) is 40.9 Å². The number of carboxylic acid groups (broad SMARTS) is 1. The first-order chi connectivity index (χ1) is 12.9. The minimum absolute atomic E-state index is 0.0479. The Kier molecular flexibility index (Phi) is 4.81. The number of hydrogen-bond donors (Lipinski definition) is 1. The number of benzene rings is 2. The second kappa shape index (κ2) is 7.07. The molecule has 1 heterocycles. The standard InChI is InChI=1S/C21H19NO5/c1-4-27-19(14-8-6-5-7-9-14)18-16-10-12(2)15(21(25)26)11-17(16)22(13(3)23)20(18)24/h5-11H,4H2,1-3H3,(H,25,26). The van der Waals surface area contributed by atoms with Crippen LogP contribution in [0.3, 0.4) is 0 Å². The van der Waals surface area contributed by atoms with Crippen molar-refractivity contribution in [3.05, 3.63) is 64.7 Å². The van der Waals surface area contributed by atoms with Crippen LogP contribution in [-0.2, 0) is 14.3 Å². The van der Waals surface area contributed by atoms with E-state index < -0.39 is 17.8 Å². The first kappa shape index (κ1) is 18.4. The summed E-state index contributed by atoms with van der Waals surface area (Å²) >= 11 is 0. The molecule has 2 aromatic carbocycles. The van der Waals surface area contributed by atoms with E-state index in [-0.39, 0.29) is 16.8 Å².